The van der Waals surface area contributed by atoms with Crippen LogP contribution in [0.4, 0.5) is 5.82 Å². The van der Waals surface area contributed by atoms with Crippen LogP contribution in [0.3, 0.4) is 0 Å². The summed E-state index contributed by atoms with van der Waals surface area (Å²) in [5, 5.41) is 12.1. The third kappa shape index (κ3) is 1.54. The minimum Gasteiger partial charge on any atom is -0.380 e. The lowest BCUT2D eigenvalue weighted by Crippen LogP contribution is -2.00. The summed E-state index contributed by atoms with van der Waals surface area (Å²) in [5.74, 6) is 0.685. The van der Waals surface area contributed by atoms with Gasteiger partial charge in [-0.15, -0.1) is 0 Å². The van der Waals surface area contributed by atoms with Gasteiger partial charge in [0.2, 0.25) is 0 Å². The van der Waals surface area contributed by atoms with Crippen molar-refractivity contribution in [3.63, 3.8) is 0 Å². The van der Waals surface area contributed by atoms with Gasteiger partial charge in [-0.3, -0.25) is 0 Å². The van der Waals surface area contributed by atoms with Crippen molar-refractivity contribution in [2.75, 3.05) is 12.3 Å². The third-order valence-corrected chi connectivity index (χ3v) is 1.51. The number of nitrogen functional groups attached to an aromatic ring is 1. The van der Waals surface area contributed by atoms with Crippen LogP contribution in [-0.4, -0.2) is 11.7 Å². The van der Waals surface area contributed by atoms with Crippen LogP contribution < -0.4 is 11.5 Å². The SMILES string of the molecule is N#Cc1c(N)noc1CCCN. The number of anilines is 1. The molecule has 0 saturated carbocycles. The molecule has 64 valence electrons. The molecule has 0 spiro atoms. The van der Waals surface area contributed by atoms with Crippen LogP contribution in [0.25, 0.3) is 0 Å². The summed E-state index contributed by atoms with van der Waals surface area (Å²) in [6.45, 7) is 0.561. The monoisotopic (exact) mass is 166 g/mol. The lowest BCUT2D eigenvalue weighted by Gasteiger charge is -1.91. The number of nitrogens with two attached hydrogens (primary N) is 2. The van der Waals surface area contributed by atoms with Gasteiger partial charge in [0, 0.05) is 6.42 Å². The summed E-state index contributed by atoms with van der Waals surface area (Å²) < 4.78 is 4.84. The lowest BCUT2D eigenvalue weighted by atomic mass is 10.2. The predicted octanol–water partition coefficient (Wildman–Crippen LogP) is 0.0198. The summed E-state index contributed by atoms with van der Waals surface area (Å²) in [7, 11) is 0. The first-order valence-electron chi connectivity index (χ1n) is 3.63. The van der Waals surface area contributed by atoms with Gasteiger partial charge < -0.3 is 16.0 Å². The maximum atomic E-state index is 8.63. The molecule has 5 nitrogen and oxygen atoms in total. The molecule has 0 amide bonds. The van der Waals surface area contributed by atoms with Crippen LogP contribution in [0, 0.1) is 11.3 Å². The van der Waals surface area contributed by atoms with Gasteiger partial charge in [0.05, 0.1) is 0 Å². The Kier molecular flexibility index (Phi) is 2.66. The molecule has 0 aromatic carbocycles. The molecule has 0 bridgehead atoms. The lowest BCUT2D eigenvalue weighted by molar-refractivity contribution is 0.383. The molecule has 0 aliphatic rings. The van der Waals surface area contributed by atoms with E-state index in [9.17, 15) is 0 Å². The van der Waals surface area contributed by atoms with Crippen LogP contribution >= 0.6 is 0 Å². The molecule has 0 radical (unpaired) electrons. The molecule has 0 fully saturated rings. The van der Waals surface area contributed by atoms with Gasteiger partial charge in [-0.25, -0.2) is 0 Å². The van der Waals surface area contributed by atoms with E-state index < -0.39 is 0 Å². The first-order valence-corrected chi connectivity index (χ1v) is 3.63. The van der Waals surface area contributed by atoms with Gasteiger partial charge in [-0.1, -0.05) is 5.16 Å². The second-order valence-corrected chi connectivity index (χ2v) is 2.37. The molecule has 5 heteroatoms. The molecule has 4 N–H and O–H groups in total. The van der Waals surface area contributed by atoms with Crippen LogP contribution in [0.5, 0.6) is 0 Å². The van der Waals surface area contributed by atoms with Gasteiger partial charge in [0.25, 0.3) is 0 Å². The first-order chi connectivity index (χ1) is 5.79. The highest BCUT2D eigenvalue weighted by atomic mass is 16.5. The number of rotatable bonds is 3. The zero-order valence-corrected chi connectivity index (χ0v) is 6.58. The highest BCUT2D eigenvalue weighted by Gasteiger charge is 2.11. The Morgan fingerprint density at radius 1 is 1.58 bits per heavy atom. The third-order valence-electron chi connectivity index (χ3n) is 1.51. The van der Waals surface area contributed by atoms with Gasteiger partial charge in [-0.05, 0) is 13.0 Å². The Labute approximate surface area is 69.9 Å². The minimum atomic E-state index is 0.157. The Balaban J connectivity index is 2.79. The van der Waals surface area contributed by atoms with Gasteiger partial charge >= 0.3 is 0 Å². The standard InChI is InChI=1S/C7H10N4O/c8-3-1-2-6-5(4-9)7(10)11-12-6/h1-3,8H2,(H2,10,11). The molecule has 0 unspecified atom stereocenters. The van der Waals surface area contributed by atoms with Crippen LogP contribution in [-0.2, 0) is 6.42 Å². The molecule has 1 aromatic heterocycles. The fraction of sp³-hybridized carbons (Fsp3) is 0.429. The highest BCUT2D eigenvalue weighted by Crippen LogP contribution is 2.15. The van der Waals surface area contributed by atoms with Gasteiger partial charge in [0.1, 0.15) is 11.6 Å². The Morgan fingerprint density at radius 2 is 2.33 bits per heavy atom. The fourth-order valence-corrected chi connectivity index (χ4v) is 0.891. The largest absolute Gasteiger partial charge is 0.380 e. The van der Waals surface area contributed by atoms with E-state index in [0.717, 1.165) is 6.42 Å². The Morgan fingerprint density at radius 3 is 2.92 bits per heavy atom. The molecule has 1 aromatic rings. The van der Waals surface area contributed by atoms with Crippen molar-refractivity contribution in [2.45, 2.75) is 12.8 Å². The molecule has 0 atom stereocenters. The molecule has 1 heterocycles. The number of aryl methyl sites for hydroxylation is 1. The molecular weight excluding hydrogens is 156 g/mol. The summed E-state index contributed by atoms with van der Waals surface area (Å²) in [6.07, 6.45) is 1.38. The molecule has 12 heavy (non-hydrogen) atoms. The number of hydrogen-bond donors (Lipinski definition) is 2. The van der Waals surface area contributed by atoms with Crippen molar-refractivity contribution < 1.29 is 4.52 Å². The predicted molar refractivity (Wildman–Crippen MR) is 43.0 cm³/mol. The Bertz CT molecular complexity index is 299. The van der Waals surface area contributed by atoms with E-state index >= 15 is 0 Å². The van der Waals surface area contributed by atoms with E-state index in [4.69, 9.17) is 21.3 Å². The van der Waals surface area contributed by atoms with E-state index in [0.29, 0.717) is 24.3 Å². The maximum absolute atomic E-state index is 8.63. The maximum Gasteiger partial charge on any atom is 0.185 e. The number of nitrogens with zero attached hydrogens (tertiary/aromatic N) is 2. The average molecular weight is 166 g/mol. The first kappa shape index (κ1) is 8.56. The second kappa shape index (κ2) is 3.74. The van der Waals surface area contributed by atoms with Crippen molar-refractivity contribution >= 4 is 5.82 Å². The summed E-state index contributed by atoms with van der Waals surface area (Å²) in [6, 6.07) is 1.93. The minimum absolute atomic E-state index is 0.157. The van der Waals surface area contributed by atoms with Crippen molar-refractivity contribution in [1.29, 1.82) is 5.26 Å². The van der Waals surface area contributed by atoms with Gasteiger partial charge in [-0.2, -0.15) is 5.26 Å². The zero-order valence-electron chi connectivity index (χ0n) is 6.58. The molecule has 0 aliphatic heterocycles. The molecule has 1 rings (SSSR count). The normalized spacial score (nSPS) is 9.67. The zero-order chi connectivity index (χ0) is 8.97. The van der Waals surface area contributed by atoms with Crippen molar-refractivity contribution in [3.05, 3.63) is 11.3 Å². The molecule has 0 aliphatic carbocycles. The van der Waals surface area contributed by atoms with E-state index in [1.54, 1.807) is 0 Å². The number of aromatic nitrogens is 1. The van der Waals surface area contributed by atoms with Gasteiger partial charge in [0.15, 0.2) is 11.6 Å². The van der Waals surface area contributed by atoms with Crippen molar-refractivity contribution in [3.8, 4) is 6.07 Å². The summed E-state index contributed by atoms with van der Waals surface area (Å²) in [4.78, 5) is 0. The van der Waals surface area contributed by atoms with Crippen LogP contribution in [0.15, 0.2) is 4.52 Å². The molecule has 0 saturated heterocycles. The fourth-order valence-electron chi connectivity index (χ4n) is 0.891. The van der Waals surface area contributed by atoms with Crippen molar-refractivity contribution in [1.82, 2.24) is 5.16 Å². The van der Waals surface area contributed by atoms with E-state index in [1.165, 1.54) is 0 Å². The average Bonchev–Trinajstić information content (AvgIpc) is 2.43. The topological polar surface area (TPSA) is 102 Å². The van der Waals surface area contributed by atoms with E-state index in [-0.39, 0.29) is 5.82 Å². The quantitative estimate of drug-likeness (QED) is 0.659. The number of hydrogen-bond acceptors (Lipinski definition) is 5. The number of nitriles is 1. The smallest absolute Gasteiger partial charge is 0.185 e. The Hall–Kier alpha value is -1.54. The summed E-state index contributed by atoms with van der Waals surface area (Å²) >= 11 is 0. The second-order valence-electron chi connectivity index (χ2n) is 2.37. The summed E-state index contributed by atoms with van der Waals surface area (Å²) in [5.41, 5.74) is 11.0. The molecular formula is C7H10N4O. The van der Waals surface area contributed by atoms with Crippen molar-refractivity contribution in [2.24, 2.45) is 5.73 Å². The van der Waals surface area contributed by atoms with E-state index in [1.807, 2.05) is 6.07 Å². The van der Waals surface area contributed by atoms with E-state index in [2.05, 4.69) is 5.16 Å². The van der Waals surface area contributed by atoms with Crippen LogP contribution in [0.1, 0.15) is 17.7 Å². The van der Waals surface area contributed by atoms with Crippen LogP contribution in [0.2, 0.25) is 0 Å². The highest BCUT2D eigenvalue weighted by molar-refractivity contribution is 5.49.